The SMILES string of the molecule is CC1CCCCC(C)(CC(=O)N[C@@H](C(=O)N2CC[C@](O)(c3ccc(Cl)cc3)C(C)(C)C2)C(C)C)C1. The molecule has 2 unspecified atom stereocenters. The van der Waals surface area contributed by atoms with Crippen LogP contribution >= 0.6 is 11.6 Å². The second-order valence-corrected chi connectivity index (χ2v) is 13.0. The largest absolute Gasteiger partial charge is 0.384 e. The summed E-state index contributed by atoms with van der Waals surface area (Å²) in [5.74, 6) is 0.529. The Bertz CT molecular complexity index is 900. The standard InChI is InChI=1S/C29H45ClN2O3/c1-20(2)25(31-24(33)18-28(6)14-8-7-9-21(3)17-28)26(34)32-16-15-29(35,27(4,5)19-32)22-10-12-23(30)13-11-22/h10-13,20-21,25,35H,7-9,14-19H2,1-6H3,(H,31,33)/t21?,25-,28?,29+/m1/s1. The van der Waals surface area contributed by atoms with Crippen LogP contribution in [0.1, 0.15) is 92.1 Å². The Morgan fingerprint density at radius 2 is 1.80 bits per heavy atom. The van der Waals surface area contributed by atoms with Crippen molar-refractivity contribution in [2.24, 2.45) is 22.7 Å². The molecular weight excluding hydrogens is 460 g/mol. The first-order valence-electron chi connectivity index (χ1n) is 13.3. The van der Waals surface area contributed by atoms with Crippen molar-refractivity contribution in [1.29, 1.82) is 0 Å². The summed E-state index contributed by atoms with van der Waals surface area (Å²) in [7, 11) is 0. The van der Waals surface area contributed by atoms with Crippen LogP contribution in [0, 0.1) is 22.7 Å². The third-order valence-electron chi connectivity index (χ3n) is 8.49. The van der Waals surface area contributed by atoms with Crippen molar-refractivity contribution in [1.82, 2.24) is 10.2 Å². The van der Waals surface area contributed by atoms with E-state index in [4.69, 9.17) is 11.6 Å². The molecule has 4 atom stereocenters. The minimum Gasteiger partial charge on any atom is -0.384 e. The number of hydrogen-bond donors (Lipinski definition) is 2. The molecule has 0 aromatic heterocycles. The van der Waals surface area contributed by atoms with Crippen LogP contribution in [-0.4, -0.2) is 41.0 Å². The highest BCUT2D eigenvalue weighted by molar-refractivity contribution is 6.30. The van der Waals surface area contributed by atoms with Gasteiger partial charge < -0.3 is 15.3 Å². The van der Waals surface area contributed by atoms with Crippen LogP contribution in [0.25, 0.3) is 0 Å². The van der Waals surface area contributed by atoms with E-state index in [0.717, 1.165) is 18.4 Å². The summed E-state index contributed by atoms with van der Waals surface area (Å²) in [6.07, 6.45) is 6.66. The molecule has 0 radical (unpaired) electrons. The number of likely N-dealkylation sites (tertiary alicyclic amines) is 1. The average Bonchev–Trinajstić information content (AvgIpc) is 2.93. The second kappa shape index (κ2) is 10.8. The number of benzene rings is 1. The molecule has 1 aromatic rings. The Labute approximate surface area is 217 Å². The van der Waals surface area contributed by atoms with Gasteiger partial charge in [0.25, 0.3) is 0 Å². The third kappa shape index (κ3) is 6.40. The topological polar surface area (TPSA) is 69.6 Å². The zero-order valence-corrected chi connectivity index (χ0v) is 23.3. The number of carbonyl (C=O) groups is 2. The summed E-state index contributed by atoms with van der Waals surface area (Å²) in [6, 6.07) is 6.76. The minimum absolute atomic E-state index is 0.00718. The lowest BCUT2D eigenvalue weighted by atomic mass is 9.66. The lowest BCUT2D eigenvalue weighted by Gasteiger charge is -2.51. The summed E-state index contributed by atoms with van der Waals surface area (Å²) in [4.78, 5) is 28.6. The van der Waals surface area contributed by atoms with E-state index in [9.17, 15) is 14.7 Å². The van der Waals surface area contributed by atoms with Crippen molar-refractivity contribution in [3.05, 3.63) is 34.9 Å². The van der Waals surface area contributed by atoms with Crippen LogP contribution in [0.4, 0.5) is 0 Å². The van der Waals surface area contributed by atoms with Gasteiger partial charge in [0.1, 0.15) is 6.04 Å². The van der Waals surface area contributed by atoms with E-state index in [1.165, 1.54) is 19.3 Å². The van der Waals surface area contributed by atoms with Gasteiger partial charge in [-0.25, -0.2) is 0 Å². The van der Waals surface area contributed by atoms with Gasteiger partial charge in [-0.05, 0) is 54.2 Å². The number of amides is 2. The Hall–Kier alpha value is -1.59. The Morgan fingerprint density at radius 1 is 1.14 bits per heavy atom. The van der Waals surface area contributed by atoms with Crippen molar-refractivity contribution in [2.45, 2.75) is 98.1 Å². The molecule has 1 aliphatic heterocycles. The van der Waals surface area contributed by atoms with Gasteiger partial charge in [0.05, 0.1) is 5.60 Å². The first-order valence-corrected chi connectivity index (χ1v) is 13.7. The molecule has 1 saturated heterocycles. The molecule has 6 heteroatoms. The molecule has 196 valence electrons. The van der Waals surface area contributed by atoms with Gasteiger partial charge in [-0.3, -0.25) is 9.59 Å². The van der Waals surface area contributed by atoms with Crippen molar-refractivity contribution in [3.63, 3.8) is 0 Å². The van der Waals surface area contributed by atoms with Gasteiger partial charge in [0, 0.05) is 29.9 Å². The highest BCUT2D eigenvalue weighted by atomic mass is 35.5. The molecule has 1 aliphatic carbocycles. The fraction of sp³-hybridized carbons (Fsp3) is 0.724. The van der Waals surface area contributed by atoms with Gasteiger partial charge in [-0.2, -0.15) is 0 Å². The number of rotatable bonds is 6. The highest BCUT2D eigenvalue weighted by Gasteiger charge is 2.50. The van der Waals surface area contributed by atoms with E-state index in [1.807, 2.05) is 44.7 Å². The molecule has 0 bridgehead atoms. The van der Waals surface area contributed by atoms with Crippen molar-refractivity contribution in [3.8, 4) is 0 Å². The monoisotopic (exact) mass is 504 g/mol. The van der Waals surface area contributed by atoms with Crippen LogP contribution in [-0.2, 0) is 15.2 Å². The first-order chi connectivity index (χ1) is 16.3. The quantitative estimate of drug-likeness (QED) is 0.472. The second-order valence-electron chi connectivity index (χ2n) is 12.6. The summed E-state index contributed by atoms with van der Waals surface area (Å²) in [5.41, 5.74) is -0.814. The smallest absolute Gasteiger partial charge is 0.245 e. The molecule has 1 aromatic carbocycles. The molecule has 35 heavy (non-hydrogen) atoms. The van der Waals surface area contributed by atoms with Crippen LogP contribution in [0.3, 0.4) is 0 Å². The summed E-state index contributed by atoms with van der Waals surface area (Å²) >= 11 is 6.05. The van der Waals surface area contributed by atoms with Crippen LogP contribution in [0.2, 0.25) is 5.02 Å². The summed E-state index contributed by atoms with van der Waals surface area (Å²) < 4.78 is 0. The Balaban J connectivity index is 1.69. The summed E-state index contributed by atoms with van der Waals surface area (Å²) in [6.45, 7) is 13.3. The summed E-state index contributed by atoms with van der Waals surface area (Å²) in [5, 5.41) is 15.4. The Morgan fingerprint density at radius 3 is 2.40 bits per heavy atom. The van der Waals surface area contributed by atoms with E-state index in [-0.39, 0.29) is 23.1 Å². The van der Waals surface area contributed by atoms with Gasteiger partial charge in [-0.15, -0.1) is 0 Å². The maximum Gasteiger partial charge on any atom is 0.245 e. The van der Waals surface area contributed by atoms with Crippen molar-refractivity contribution < 1.29 is 14.7 Å². The van der Waals surface area contributed by atoms with E-state index in [1.54, 1.807) is 12.1 Å². The van der Waals surface area contributed by atoms with Crippen molar-refractivity contribution in [2.75, 3.05) is 13.1 Å². The number of nitrogens with zero attached hydrogens (tertiary/aromatic N) is 1. The molecule has 1 heterocycles. The van der Waals surface area contributed by atoms with Gasteiger partial charge in [-0.1, -0.05) is 84.5 Å². The van der Waals surface area contributed by atoms with Gasteiger partial charge >= 0.3 is 0 Å². The number of piperidine rings is 1. The molecule has 1 saturated carbocycles. The predicted octanol–water partition coefficient (Wildman–Crippen LogP) is 5.92. The molecular formula is C29H45ClN2O3. The zero-order valence-electron chi connectivity index (χ0n) is 22.5. The van der Waals surface area contributed by atoms with Gasteiger partial charge in [0.15, 0.2) is 0 Å². The fourth-order valence-electron chi connectivity index (χ4n) is 6.34. The van der Waals surface area contributed by atoms with E-state index in [2.05, 4.69) is 19.2 Å². The fourth-order valence-corrected chi connectivity index (χ4v) is 6.47. The maximum absolute atomic E-state index is 13.6. The molecule has 0 spiro atoms. The molecule has 5 nitrogen and oxygen atoms in total. The molecule has 2 fully saturated rings. The minimum atomic E-state index is -1.06. The number of aliphatic hydroxyl groups is 1. The normalized spacial score (nSPS) is 30.0. The zero-order chi connectivity index (χ0) is 26.0. The molecule has 3 rings (SSSR count). The first kappa shape index (κ1) is 28.0. The molecule has 2 amide bonds. The lowest BCUT2D eigenvalue weighted by Crippen LogP contribution is -2.60. The molecule has 2 aliphatic rings. The highest BCUT2D eigenvalue weighted by Crippen LogP contribution is 2.46. The van der Waals surface area contributed by atoms with E-state index in [0.29, 0.717) is 36.9 Å². The van der Waals surface area contributed by atoms with Crippen molar-refractivity contribution >= 4 is 23.4 Å². The Kier molecular flexibility index (Phi) is 8.64. The molecule has 2 N–H and O–H groups in total. The van der Waals surface area contributed by atoms with E-state index >= 15 is 0 Å². The number of nitrogens with one attached hydrogen (secondary N) is 1. The van der Waals surface area contributed by atoms with Gasteiger partial charge in [0.2, 0.25) is 11.8 Å². The number of carbonyl (C=O) groups excluding carboxylic acids is 2. The maximum atomic E-state index is 13.6. The van der Waals surface area contributed by atoms with E-state index < -0.39 is 17.1 Å². The number of hydrogen-bond acceptors (Lipinski definition) is 3. The number of halogens is 1. The average molecular weight is 505 g/mol. The lowest BCUT2D eigenvalue weighted by molar-refractivity contribution is -0.157. The van der Waals surface area contributed by atoms with Crippen LogP contribution in [0.15, 0.2) is 24.3 Å². The van der Waals surface area contributed by atoms with Crippen LogP contribution < -0.4 is 5.32 Å². The van der Waals surface area contributed by atoms with Crippen LogP contribution in [0.5, 0.6) is 0 Å². The predicted molar refractivity (Wildman–Crippen MR) is 142 cm³/mol. The third-order valence-corrected chi connectivity index (χ3v) is 8.74.